The number of piperazine rings is 1. The molecule has 0 spiro atoms. The highest BCUT2D eigenvalue weighted by atomic mass is 16.2. The zero-order valence-corrected chi connectivity index (χ0v) is 18.7. The van der Waals surface area contributed by atoms with Gasteiger partial charge >= 0.3 is 0 Å². The van der Waals surface area contributed by atoms with Gasteiger partial charge in [0.2, 0.25) is 0 Å². The number of carbonyl (C=O) groups excluding carboxylic acids is 2. The lowest BCUT2D eigenvalue weighted by Gasteiger charge is -2.38. The predicted molar refractivity (Wildman–Crippen MR) is 125 cm³/mol. The van der Waals surface area contributed by atoms with Gasteiger partial charge in [-0.1, -0.05) is 55.8 Å². The van der Waals surface area contributed by atoms with Crippen LogP contribution in [0.25, 0.3) is 5.57 Å². The first kappa shape index (κ1) is 21.2. The van der Waals surface area contributed by atoms with Crippen LogP contribution in [0, 0.1) is 13.8 Å². The van der Waals surface area contributed by atoms with E-state index >= 15 is 0 Å². The van der Waals surface area contributed by atoms with Gasteiger partial charge in [-0.2, -0.15) is 0 Å². The topological polar surface area (TPSA) is 43.9 Å². The Bertz CT molecular complexity index is 1000. The number of hydrogen-bond acceptors (Lipinski definition) is 4. The van der Waals surface area contributed by atoms with Crippen LogP contribution < -0.4 is 4.90 Å². The summed E-state index contributed by atoms with van der Waals surface area (Å²) in [6.45, 7) is 9.95. The number of rotatable bonds is 6. The third-order valence-corrected chi connectivity index (χ3v) is 6.45. The summed E-state index contributed by atoms with van der Waals surface area (Å²) < 4.78 is 0. The Morgan fingerprint density at radius 1 is 0.806 bits per heavy atom. The molecule has 0 aliphatic carbocycles. The summed E-state index contributed by atoms with van der Waals surface area (Å²) in [5.74, 6) is -0.297. The molecule has 0 saturated carbocycles. The number of carbonyl (C=O) groups is 2. The molecule has 0 radical (unpaired) electrons. The van der Waals surface area contributed by atoms with E-state index in [0.717, 1.165) is 44.6 Å². The van der Waals surface area contributed by atoms with Crippen molar-refractivity contribution in [3.8, 4) is 0 Å². The normalized spacial score (nSPS) is 17.2. The standard InChI is InChI=1S/C26H31N3O2/c1-4-5-14-29-25(30)23(21-11-7-6-8-12-21)24(26(29)31)28-17-15-27(16-18-28)22-13-9-10-19(2)20(22)3/h6-13H,4-5,14-18H2,1-3H3. The molecule has 2 heterocycles. The Morgan fingerprint density at radius 2 is 1.48 bits per heavy atom. The third kappa shape index (κ3) is 3.97. The molecule has 5 heteroatoms. The highest BCUT2D eigenvalue weighted by Crippen LogP contribution is 2.33. The summed E-state index contributed by atoms with van der Waals surface area (Å²) in [5, 5.41) is 0. The summed E-state index contributed by atoms with van der Waals surface area (Å²) in [7, 11) is 0. The van der Waals surface area contributed by atoms with Gasteiger partial charge in [0, 0.05) is 38.4 Å². The number of imide groups is 1. The van der Waals surface area contributed by atoms with Crippen LogP contribution in [0.3, 0.4) is 0 Å². The van der Waals surface area contributed by atoms with E-state index in [1.54, 1.807) is 0 Å². The van der Waals surface area contributed by atoms with Crippen LogP contribution >= 0.6 is 0 Å². The van der Waals surface area contributed by atoms with Gasteiger partial charge in [0.1, 0.15) is 5.70 Å². The zero-order valence-electron chi connectivity index (χ0n) is 18.7. The van der Waals surface area contributed by atoms with Crippen molar-refractivity contribution in [2.45, 2.75) is 33.6 Å². The molecule has 0 bridgehead atoms. The fourth-order valence-electron chi connectivity index (χ4n) is 4.49. The molecule has 162 valence electrons. The van der Waals surface area contributed by atoms with Crippen LogP contribution in [-0.4, -0.2) is 54.3 Å². The van der Waals surface area contributed by atoms with Gasteiger partial charge in [0.15, 0.2) is 0 Å². The lowest BCUT2D eigenvalue weighted by Crippen LogP contribution is -2.48. The van der Waals surface area contributed by atoms with Crippen molar-refractivity contribution >= 4 is 23.1 Å². The van der Waals surface area contributed by atoms with Gasteiger partial charge in [0.05, 0.1) is 5.57 Å². The van der Waals surface area contributed by atoms with Gasteiger partial charge in [-0.05, 0) is 43.0 Å². The molecule has 31 heavy (non-hydrogen) atoms. The molecule has 2 aromatic rings. The van der Waals surface area contributed by atoms with Crippen LogP contribution in [0.5, 0.6) is 0 Å². The highest BCUT2D eigenvalue weighted by Gasteiger charge is 2.41. The second kappa shape index (κ2) is 8.96. The Balaban J connectivity index is 1.61. The lowest BCUT2D eigenvalue weighted by molar-refractivity contribution is -0.137. The van der Waals surface area contributed by atoms with Crippen LogP contribution in [0.2, 0.25) is 0 Å². The van der Waals surface area contributed by atoms with Crippen LogP contribution in [0.15, 0.2) is 54.2 Å². The molecule has 4 rings (SSSR count). The minimum atomic E-state index is -0.156. The Morgan fingerprint density at radius 3 is 2.16 bits per heavy atom. The van der Waals surface area contributed by atoms with Crippen molar-refractivity contribution in [1.82, 2.24) is 9.80 Å². The van der Waals surface area contributed by atoms with Gasteiger partial charge in [0.25, 0.3) is 11.8 Å². The van der Waals surface area contributed by atoms with Gasteiger partial charge in [-0.3, -0.25) is 14.5 Å². The van der Waals surface area contributed by atoms with Crippen LogP contribution in [0.4, 0.5) is 5.69 Å². The first-order valence-electron chi connectivity index (χ1n) is 11.2. The van der Waals surface area contributed by atoms with Crippen molar-refractivity contribution < 1.29 is 9.59 Å². The maximum atomic E-state index is 13.3. The van der Waals surface area contributed by atoms with Crippen molar-refractivity contribution in [3.63, 3.8) is 0 Å². The van der Waals surface area contributed by atoms with Crippen LogP contribution in [-0.2, 0) is 9.59 Å². The van der Waals surface area contributed by atoms with E-state index in [1.165, 1.54) is 21.7 Å². The molecular weight excluding hydrogens is 386 g/mol. The number of unbranched alkanes of at least 4 members (excludes halogenated alkanes) is 1. The SMILES string of the molecule is CCCCN1C(=O)C(c2ccccc2)=C(N2CCN(c3cccc(C)c3C)CC2)C1=O. The molecule has 0 unspecified atom stereocenters. The molecule has 2 amide bonds. The fraction of sp³-hybridized carbons (Fsp3) is 0.385. The molecule has 1 fully saturated rings. The summed E-state index contributed by atoms with van der Waals surface area (Å²) in [4.78, 5) is 32.6. The molecule has 0 aromatic heterocycles. The molecular formula is C26H31N3O2. The molecule has 2 aromatic carbocycles. The number of aryl methyl sites for hydroxylation is 1. The largest absolute Gasteiger partial charge is 0.368 e. The van der Waals surface area contributed by atoms with Gasteiger partial charge in [-0.15, -0.1) is 0 Å². The van der Waals surface area contributed by atoms with E-state index in [0.29, 0.717) is 17.8 Å². The highest BCUT2D eigenvalue weighted by molar-refractivity contribution is 6.35. The number of amides is 2. The predicted octanol–water partition coefficient (Wildman–Crippen LogP) is 4.01. The Kier molecular flexibility index (Phi) is 6.12. The number of benzene rings is 2. The smallest absolute Gasteiger partial charge is 0.277 e. The average Bonchev–Trinajstić information content (AvgIpc) is 3.04. The molecule has 2 aliphatic heterocycles. The zero-order chi connectivity index (χ0) is 22.0. The third-order valence-electron chi connectivity index (χ3n) is 6.45. The second-order valence-electron chi connectivity index (χ2n) is 8.40. The monoisotopic (exact) mass is 417 g/mol. The average molecular weight is 418 g/mol. The van der Waals surface area contributed by atoms with E-state index in [2.05, 4.69) is 48.8 Å². The number of nitrogens with zero attached hydrogens (tertiary/aromatic N) is 3. The van der Waals surface area contributed by atoms with Crippen LogP contribution in [0.1, 0.15) is 36.5 Å². The number of hydrogen-bond donors (Lipinski definition) is 0. The maximum Gasteiger partial charge on any atom is 0.277 e. The summed E-state index contributed by atoms with van der Waals surface area (Å²) in [6.07, 6.45) is 1.77. The fourth-order valence-corrected chi connectivity index (χ4v) is 4.49. The van der Waals surface area contributed by atoms with Gasteiger partial charge < -0.3 is 9.80 Å². The van der Waals surface area contributed by atoms with E-state index in [-0.39, 0.29) is 11.8 Å². The lowest BCUT2D eigenvalue weighted by atomic mass is 10.0. The maximum absolute atomic E-state index is 13.3. The van der Waals surface area contributed by atoms with E-state index < -0.39 is 0 Å². The van der Waals surface area contributed by atoms with Crippen molar-refractivity contribution in [1.29, 1.82) is 0 Å². The molecule has 0 N–H and O–H groups in total. The molecule has 5 nitrogen and oxygen atoms in total. The molecule has 2 aliphatic rings. The Labute approximate surface area is 184 Å². The van der Waals surface area contributed by atoms with Crippen molar-refractivity contribution in [2.24, 2.45) is 0 Å². The quantitative estimate of drug-likeness (QED) is 0.667. The number of anilines is 1. The summed E-state index contributed by atoms with van der Waals surface area (Å²) >= 11 is 0. The molecule has 0 atom stereocenters. The van der Waals surface area contributed by atoms with Crippen molar-refractivity contribution in [3.05, 3.63) is 70.9 Å². The second-order valence-corrected chi connectivity index (χ2v) is 8.40. The first-order chi connectivity index (χ1) is 15.0. The first-order valence-corrected chi connectivity index (χ1v) is 11.2. The Hall–Kier alpha value is -3.08. The minimum Gasteiger partial charge on any atom is -0.368 e. The summed E-state index contributed by atoms with van der Waals surface area (Å²) in [5.41, 5.74) is 5.81. The summed E-state index contributed by atoms with van der Waals surface area (Å²) in [6, 6.07) is 16.0. The van der Waals surface area contributed by atoms with Crippen molar-refractivity contribution in [2.75, 3.05) is 37.6 Å². The van der Waals surface area contributed by atoms with Gasteiger partial charge in [-0.25, -0.2) is 0 Å². The molecule has 1 saturated heterocycles. The van der Waals surface area contributed by atoms with E-state index in [9.17, 15) is 9.59 Å². The van der Waals surface area contributed by atoms with E-state index in [4.69, 9.17) is 0 Å². The van der Waals surface area contributed by atoms with E-state index in [1.807, 2.05) is 30.3 Å². The minimum absolute atomic E-state index is 0.141.